The van der Waals surface area contributed by atoms with Gasteiger partial charge in [0.2, 0.25) is 0 Å². The number of nitrogens with two attached hydrogens (primary N) is 2. The fourth-order valence-electron chi connectivity index (χ4n) is 1.67. The van der Waals surface area contributed by atoms with Crippen molar-refractivity contribution < 1.29 is 0 Å². The molecule has 1 aromatic rings. The molecule has 1 unspecified atom stereocenters. The molecular weight excluding hydrogens is 136 g/mol. The van der Waals surface area contributed by atoms with Crippen molar-refractivity contribution in [3.63, 3.8) is 0 Å². The normalized spacial score (nSPS) is 21.7. The van der Waals surface area contributed by atoms with E-state index in [1.165, 1.54) is 11.1 Å². The van der Waals surface area contributed by atoms with Crippen molar-refractivity contribution in [1.29, 1.82) is 0 Å². The molecule has 0 aromatic heterocycles. The first-order chi connectivity index (χ1) is 5.25. The molecule has 2 nitrogen and oxygen atoms in total. The Hall–Kier alpha value is -1.02. The van der Waals surface area contributed by atoms with Gasteiger partial charge < -0.3 is 11.5 Å². The predicted molar refractivity (Wildman–Crippen MR) is 46.2 cm³/mol. The van der Waals surface area contributed by atoms with Crippen molar-refractivity contribution in [3.8, 4) is 0 Å². The summed E-state index contributed by atoms with van der Waals surface area (Å²) in [5.74, 6) is 0. The summed E-state index contributed by atoms with van der Waals surface area (Å²) >= 11 is 0. The SMILES string of the molecule is Nc1ccc2c(c1)CC(N)C2. The monoisotopic (exact) mass is 148 g/mol. The standard InChI is InChI=1S/C9H12N2/c10-8-2-1-6-3-9(11)5-7(6)4-8/h1-2,4,9H,3,5,10-11H2. The van der Waals surface area contributed by atoms with Crippen molar-refractivity contribution in [2.45, 2.75) is 18.9 Å². The molecule has 1 aliphatic carbocycles. The first-order valence-electron chi connectivity index (χ1n) is 3.88. The fraction of sp³-hybridized carbons (Fsp3) is 0.333. The van der Waals surface area contributed by atoms with Crippen molar-refractivity contribution in [2.24, 2.45) is 5.73 Å². The predicted octanol–water partition coefficient (Wildman–Crippen LogP) is 0.695. The second-order valence-corrected chi connectivity index (χ2v) is 3.20. The maximum atomic E-state index is 5.79. The van der Waals surface area contributed by atoms with E-state index >= 15 is 0 Å². The van der Waals surface area contributed by atoms with Gasteiger partial charge in [0, 0.05) is 11.7 Å². The van der Waals surface area contributed by atoms with E-state index in [0.29, 0.717) is 6.04 Å². The lowest BCUT2D eigenvalue weighted by Gasteiger charge is -1.97. The molecule has 0 heterocycles. The molecule has 1 aliphatic rings. The molecule has 0 saturated heterocycles. The smallest absolute Gasteiger partial charge is 0.0316 e. The van der Waals surface area contributed by atoms with Gasteiger partial charge in [-0.25, -0.2) is 0 Å². The van der Waals surface area contributed by atoms with Crippen molar-refractivity contribution in [2.75, 3.05) is 5.73 Å². The van der Waals surface area contributed by atoms with Crippen LogP contribution in [0.5, 0.6) is 0 Å². The number of nitrogen functional groups attached to an aromatic ring is 1. The zero-order chi connectivity index (χ0) is 7.84. The molecule has 1 aromatic carbocycles. The second-order valence-electron chi connectivity index (χ2n) is 3.20. The van der Waals surface area contributed by atoms with Gasteiger partial charge in [-0.15, -0.1) is 0 Å². The quantitative estimate of drug-likeness (QED) is 0.532. The molecule has 0 aliphatic heterocycles. The minimum absolute atomic E-state index is 0.312. The average molecular weight is 148 g/mol. The minimum atomic E-state index is 0.312. The van der Waals surface area contributed by atoms with E-state index in [4.69, 9.17) is 11.5 Å². The summed E-state index contributed by atoms with van der Waals surface area (Å²) in [7, 11) is 0. The van der Waals surface area contributed by atoms with Gasteiger partial charge in [-0.05, 0) is 36.1 Å². The molecule has 1 atom stereocenters. The van der Waals surface area contributed by atoms with Crippen LogP contribution in [0.15, 0.2) is 18.2 Å². The van der Waals surface area contributed by atoms with E-state index in [1.807, 2.05) is 12.1 Å². The molecule has 0 spiro atoms. The highest BCUT2D eigenvalue weighted by molar-refractivity contribution is 5.47. The summed E-state index contributed by atoms with van der Waals surface area (Å²) < 4.78 is 0. The van der Waals surface area contributed by atoms with E-state index in [2.05, 4.69) is 6.07 Å². The number of fused-ring (bicyclic) bond motifs is 1. The third-order valence-electron chi connectivity index (χ3n) is 2.19. The highest BCUT2D eigenvalue weighted by Gasteiger charge is 2.17. The largest absolute Gasteiger partial charge is 0.399 e. The van der Waals surface area contributed by atoms with Gasteiger partial charge >= 0.3 is 0 Å². The van der Waals surface area contributed by atoms with Crippen molar-refractivity contribution in [1.82, 2.24) is 0 Å². The molecule has 2 rings (SSSR count). The Bertz CT molecular complexity index is 281. The van der Waals surface area contributed by atoms with Crippen LogP contribution in [0.25, 0.3) is 0 Å². The number of anilines is 1. The van der Waals surface area contributed by atoms with E-state index < -0.39 is 0 Å². The highest BCUT2D eigenvalue weighted by Crippen LogP contribution is 2.22. The van der Waals surface area contributed by atoms with Gasteiger partial charge in [0.05, 0.1) is 0 Å². The fourth-order valence-corrected chi connectivity index (χ4v) is 1.67. The topological polar surface area (TPSA) is 52.0 Å². The van der Waals surface area contributed by atoms with E-state index in [0.717, 1.165) is 18.5 Å². The Kier molecular flexibility index (Phi) is 1.36. The minimum Gasteiger partial charge on any atom is -0.399 e. The van der Waals surface area contributed by atoms with Crippen LogP contribution in [0.3, 0.4) is 0 Å². The Labute approximate surface area is 66.2 Å². The first kappa shape index (κ1) is 6.68. The maximum Gasteiger partial charge on any atom is 0.0316 e. The molecule has 0 amide bonds. The lowest BCUT2D eigenvalue weighted by atomic mass is 10.1. The number of rotatable bonds is 0. The van der Waals surface area contributed by atoms with Crippen LogP contribution < -0.4 is 11.5 Å². The summed E-state index contributed by atoms with van der Waals surface area (Å²) in [5.41, 5.74) is 15.0. The van der Waals surface area contributed by atoms with Crippen LogP contribution in [0.1, 0.15) is 11.1 Å². The lowest BCUT2D eigenvalue weighted by molar-refractivity contribution is 0.721. The number of hydrogen-bond acceptors (Lipinski definition) is 2. The average Bonchev–Trinajstić information content (AvgIpc) is 2.27. The summed E-state index contributed by atoms with van der Waals surface area (Å²) in [6.45, 7) is 0. The molecule has 58 valence electrons. The molecule has 11 heavy (non-hydrogen) atoms. The third-order valence-corrected chi connectivity index (χ3v) is 2.19. The summed E-state index contributed by atoms with van der Waals surface area (Å²) in [6.07, 6.45) is 2.00. The zero-order valence-electron chi connectivity index (χ0n) is 6.38. The number of benzene rings is 1. The van der Waals surface area contributed by atoms with E-state index in [-0.39, 0.29) is 0 Å². The van der Waals surface area contributed by atoms with E-state index in [1.54, 1.807) is 0 Å². The first-order valence-corrected chi connectivity index (χ1v) is 3.88. The van der Waals surface area contributed by atoms with Gasteiger partial charge in [-0.2, -0.15) is 0 Å². The Balaban J connectivity index is 2.43. The Morgan fingerprint density at radius 3 is 2.73 bits per heavy atom. The van der Waals surface area contributed by atoms with Crippen LogP contribution in [0, 0.1) is 0 Å². The highest BCUT2D eigenvalue weighted by atomic mass is 14.6. The van der Waals surface area contributed by atoms with Gasteiger partial charge in [0.15, 0.2) is 0 Å². The zero-order valence-corrected chi connectivity index (χ0v) is 6.38. The van der Waals surface area contributed by atoms with Crippen molar-refractivity contribution >= 4 is 5.69 Å². The Morgan fingerprint density at radius 2 is 1.91 bits per heavy atom. The summed E-state index contributed by atoms with van der Waals surface area (Å²) in [5, 5.41) is 0. The maximum absolute atomic E-state index is 5.79. The van der Waals surface area contributed by atoms with Crippen LogP contribution >= 0.6 is 0 Å². The van der Waals surface area contributed by atoms with Gasteiger partial charge in [0.1, 0.15) is 0 Å². The molecule has 0 radical (unpaired) electrons. The van der Waals surface area contributed by atoms with Crippen LogP contribution in [0.4, 0.5) is 5.69 Å². The molecule has 0 fully saturated rings. The molecule has 4 N–H and O–H groups in total. The van der Waals surface area contributed by atoms with Gasteiger partial charge in [0.25, 0.3) is 0 Å². The summed E-state index contributed by atoms with van der Waals surface area (Å²) in [4.78, 5) is 0. The Morgan fingerprint density at radius 1 is 1.18 bits per heavy atom. The van der Waals surface area contributed by atoms with Gasteiger partial charge in [-0.1, -0.05) is 6.07 Å². The molecule has 2 heteroatoms. The molecule has 0 bridgehead atoms. The van der Waals surface area contributed by atoms with Crippen LogP contribution in [-0.2, 0) is 12.8 Å². The van der Waals surface area contributed by atoms with Crippen molar-refractivity contribution in [3.05, 3.63) is 29.3 Å². The summed E-state index contributed by atoms with van der Waals surface area (Å²) in [6, 6.07) is 6.36. The number of hydrogen-bond donors (Lipinski definition) is 2. The van der Waals surface area contributed by atoms with Gasteiger partial charge in [-0.3, -0.25) is 0 Å². The third kappa shape index (κ3) is 1.10. The van der Waals surface area contributed by atoms with E-state index in [9.17, 15) is 0 Å². The second kappa shape index (κ2) is 2.24. The molecule has 0 saturated carbocycles. The lowest BCUT2D eigenvalue weighted by Crippen LogP contribution is -2.18. The molecular formula is C9H12N2. The van der Waals surface area contributed by atoms with Crippen LogP contribution in [0.2, 0.25) is 0 Å². The van der Waals surface area contributed by atoms with Crippen LogP contribution in [-0.4, -0.2) is 6.04 Å².